The number of thiophene rings is 1. The fraction of sp³-hybridized carbons (Fsp3) is 0.733. The Bertz CT molecular complexity index is 350. The maximum atomic E-state index is 5.91. The molecule has 4 heteroatoms. The Morgan fingerprint density at radius 1 is 1.42 bits per heavy atom. The number of likely N-dealkylation sites (N-methyl/N-ethyl adjacent to an activating group) is 1. The van der Waals surface area contributed by atoms with Gasteiger partial charge >= 0.3 is 0 Å². The van der Waals surface area contributed by atoms with Gasteiger partial charge in [0, 0.05) is 17.5 Å². The predicted molar refractivity (Wildman–Crippen MR) is 83.6 cm³/mol. The fourth-order valence-corrected chi connectivity index (χ4v) is 3.96. The van der Waals surface area contributed by atoms with Gasteiger partial charge in [-0.15, -0.1) is 11.3 Å². The molecule has 0 bridgehead atoms. The highest BCUT2D eigenvalue weighted by Crippen LogP contribution is 2.26. The van der Waals surface area contributed by atoms with E-state index < -0.39 is 0 Å². The van der Waals surface area contributed by atoms with Crippen LogP contribution < -0.4 is 11.1 Å². The Morgan fingerprint density at radius 2 is 2.21 bits per heavy atom. The van der Waals surface area contributed by atoms with Gasteiger partial charge in [-0.25, -0.2) is 0 Å². The molecule has 1 aromatic heterocycles. The molecule has 0 amide bonds. The molecule has 0 saturated heterocycles. The van der Waals surface area contributed by atoms with Crippen LogP contribution in [0.1, 0.15) is 36.6 Å². The topological polar surface area (TPSA) is 41.3 Å². The zero-order chi connectivity index (χ0) is 13.7. The summed E-state index contributed by atoms with van der Waals surface area (Å²) in [4.78, 5) is 3.75. The van der Waals surface area contributed by atoms with Gasteiger partial charge < -0.3 is 16.0 Å². The summed E-state index contributed by atoms with van der Waals surface area (Å²) in [7, 11) is 4.32. The van der Waals surface area contributed by atoms with E-state index in [-0.39, 0.29) is 0 Å². The second kappa shape index (κ2) is 7.39. The van der Waals surface area contributed by atoms with Gasteiger partial charge in [-0.05, 0) is 50.8 Å². The number of nitrogens with two attached hydrogens (primary N) is 1. The molecule has 2 rings (SSSR count). The molecule has 1 saturated carbocycles. The molecule has 3 N–H and O–H groups in total. The van der Waals surface area contributed by atoms with Gasteiger partial charge in [0.25, 0.3) is 0 Å². The lowest BCUT2D eigenvalue weighted by atomic mass is 9.84. The Morgan fingerprint density at radius 3 is 2.84 bits per heavy atom. The van der Waals surface area contributed by atoms with Crippen LogP contribution in [0.3, 0.4) is 0 Å². The third kappa shape index (κ3) is 4.02. The zero-order valence-electron chi connectivity index (χ0n) is 12.1. The van der Waals surface area contributed by atoms with Gasteiger partial charge in [0.15, 0.2) is 0 Å². The Hall–Kier alpha value is -0.420. The zero-order valence-corrected chi connectivity index (χ0v) is 13.0. The molecule has 3 atom stereocenters. The van der Waals surface area contributed by atoms with Crippen molar-refractivity contribution in [3.05, 3.63) is 22.4 Å². The van der Waals surface area contributed by atoms with Crippen LogP contribution in [0.2, 0.25) is 0 Å². The van der Waals surface area contributed by atoms with Crippen molar-refractivity contribution in [2.45, 2.75) is 37.8 Å². The second-order valence-electron chi connectivity index (χ2n) is 5.79. The van der Waals surface area contributed by atoms with Crippen molar-refractivity contribution in [2.75, 3.05) is 27.2 Å². The molecule has 108 valence electrons. The van der Waals surface area contributed by atoms with Crippen molar-refractivity contribution < 1.29 is 0 Å². The van der Waals surface area contributed by atoms with E-state index in [9.17, 15) is 0 Å². The number of hydrogen-bond acceptors (Lipinski definition) is 4. The third-order valence-electron chi connectivity index (χ3n) is 4.28. The van der Waals surface area contributed by atoms with Crippen LogP contribution >= 0.6 is 11.3 Å². The average molecular weight is 281 g/mol. The van der Waals surface area contributed by atoms with Crippen molar-refractivity contribution >= 4 is 11.3 Å². The Kier molecular flexibility index (Phi) is 5.82. The van der Waals surface area contributed by atoms with Crippen LogP contribution in [0, 0.1) is 5.92 Å². The largest absolute Gasteiger partial charge is 0.330 e. The first-order valence-electron chi connectivity index (χ1n) is 7.35. The van der Waals surface area contributed by atoms with E-state index in [1.54, 1.807) is 0 Å². The maximum absolute atomic E-state index is 5.91. The minimum atomic E-state index is 0.473. The highest BCUT2D eigenvalue weighted by Gasteiger charge is 2.25. The molecule has 3 unspecified atom stereocenters. The number of nitrogens with one attached hydrogen (secondary N) is 1. The van der Waals surface area contributed by atoms with Gasteiger partial charge in [0.2, 0.25) is 0 Å². The molecular formula is C15H27N3S. The molecule has 1 aromatic rings. The van der Waals surface area contributed by atoms with Crippen LogP contribution in [0.5, 0.6) is 0 Å². The van der Waals surface area contributed by atoms with Crippen molar-refractivity contribution in [2.24, 2.45) is 11.7 Å². The van der Waals surface area contributed by atoms with E-state index in [1.165, 1.54) is 30.6 Å². The molecule has 1 heterocycles. The summed E-state index contributed by atoms with van der Waals surface area (Å²) < 4.78 is 0. The molecule has 19 heavy (non-hydrogen) atoms. The van der Waals surface area contributed by atoms with Crippen molar-refractivity contribution in [1.29, 1.82) is 0 Å². The maximum Gasteiger partial charge on any atom is 0.0561 e. The first-order chi connectivity index (χ1) is 9.22. The van der Waals surface area contributed by atoms with E-state index >= 15 is 0 Å². The van der Waals surface area contributed by atoms with Crippen LogP contribution in [0.25, 0.3) is 0 Å². The van der Waals surface area contributed by atoms with Crippen LogP contribution in [-0.2, 0) is 0 Å². The standard InChI is InChI=1S/C15H27N3S/c1-18(2)14(15-8-5-9-19-15)11-17-13-7-4-3-6-12(13)10-16/h5,8-9,12-14,17H,3-4,6-7,10-11,16H2,1-2H3. The molecule has 1 fully saturated rings. The van der Waals surface area contributed by atoms with Gasteiger partial charge in [-0.2, -0.15) is 0 Å². The van der Waals surface area contributed by atoms with E-state index in [0.717, 1.165) is 13.1 Å². The van der Waals surface area contributed by atoms with Crippen LogP contribution in [0.15, 0.2) is 17.5 Å². The molecule has 1 aliphatic rings. The molecule has 3 nitrogen and oxygen atoms in total. The molecule has 0 aliphatic heterocycles. The third-order valence-corrected chi connectivity index (χ3v) is 5.25. The lowest BCUT2D eigenvalue weighted by Crippen LogP contribution is -2.44. The van der Waals surface area contributed by atoms with E-state index in [2.05, 4.69) is 41.8 Å². The number of hydrogen-bond donors (Lipinski definition) is 2. The summed E-state index contributed by atoms with van der Waals surface area (Å²) in [6.45, 7) is 1.85. The molecule has 0 radical (unpaired) electrons. The van der Waals surface area contributed by atoms with E-state index in [0.29, 0.717) is 18.0 Å². The minimum absolute atomic E-state index is 0.473. The van der Waals surface area contributed by atoms with Crippen molar-refractivity contribution in [3.8, 4) is 0 Å². The molecule has 0 spiro atoms. The smallest absolute Gasteiger partial charge is 0.0561 e. The Balaban J connectivity index is 1.91. The first-order valence-corrected chi connectivity index (χ1v) is 8.23. The first kappa shape index (κ1) is 15.0. The normalized spacial score (nSPS) is 25.7. The summed E-state index contributed by atoms with van der Waals surface area (Å²) >= 11 is 1.85. The lowest BCUT2D eigenvalue weighted by molar-refractivity contribution is 0.230. The summed E-state index contributed by atoms with van der Waals surface area (Å²) in [5.41, 5.74) is 5.91. The predicted octanol–water partition coefficient (Wildman–Crippen LogP) is 2.46. The molecular weight excluding hydrogens is 254 g/mol. The summed E-state index contributed by atoms with van der Waals surface area (Å²) in [6.07, 6.45) is 5.27. The summed E-state index contributed by atoms with van der Waals surface area (Å²) in [5, 5.41) is 5.94. The fourth-order valence-electron chi connectivity index (χ4n) is 3.04. The summed E-state index contributed by atoms with van der Waals surface area (Å²) in [6, 6.07) is 5.46. The molecule has 0 aromatic carbocycles. The van der Waals surface area contributed by atoms with Crippen LogP contribution in [0.4, 0.5) is 0 Å². The number of rotatable bonds is 6. The molecule has 1 aliphatic carbocycles. The lowest BCUT2D eigenvalue weighted by Gasteiger charge is -2.34. The minimum Gasteiger partial charge on any atom is -0.330 e. The van der Waals surface area contributed by atoms with E-state index in [4.69, 9.17) is 5.73 Å². The van der Waals surface area contributed by atoms with Gasteiger partial charge in [0.05, 0.1) is 6.04 Å². The van der Waals surface area contributed by atoms with Gasteiger partial charge in [0.1, 0.15) is 0 Å². The quantitative estimate of drug-likeness (QED) is 0.841. The van der Waals surface area contributed by atoms with Crippen molar-refractivity contribution in [1.82, 2.24) is 10.2 Å². The number of nitrogens with zero attached hydrogens (tertiary/aromatic N) is 1. The Labute approximate surface area is 121 Å². The van der Waals surface area contributed by atoms with Gasteiger partial charge in [-0.3, -0.25) is 0 Å². The average Bonchev–Trinajstić information content (AvgIpc) is 2.93. The monoisotopic (exact) mass is 281 g/mol. The highest BCUT2D eigenvalue weighted by molar-refractivity contribution is 7.10. The summed E-state index contributed by atoms with van der Waals surface area (Å²) in [5.74, 6) is 0.667. The van der Waals surface area contributed by atoms with Gasteiger partial charge in [-0.1, -0.05) is 18.9 Å². The highest BCUT2D eigenvalue weighted by atomic mass is 32.1. The second-order valence-corrected chi connectivity index (χ2v) is 6.77. The van der Waals surface area contributed by atoms with Crippen LogP contribution in [-0.4, -0.2) is 38.1 Å². The van der Waals surface area contributed by atoms with Crippen molar-refractivity contribution in [3.63, 3.8) is 0 Å². The van der Waals surface area contributed by atoms with E-state index in [1.807, 2.05) is 11.3 Å². The SMILES string of the molecule is CN(C)C(CNC1CCCCC1CN)c1cccs1.